The molecule has 1 atom stereocenters. The van der Waals surface area contributed by atoms with E-state index < -0.39 is 17.4 Å². The number of benzene rings is 1. The van der Waals surface area contributed by atoms with Crippen LogP contribution < -0.4 is 0 Å². The number of carbonyl (C=O) groups is 2. The summed E-state index contributed by atoms with van der Waals surface area (Å²) in [6, 6.07) is 9.85. The Hall–Kier alpha value is -2.10. The van der Waals surface area contributed by atoms with E-state index in [1.807, 2.05) is 30.3 Å². The van der Waals surface area contributed by atoms with Crippen molar-refractivity contribution < 1.29 is 19.1 Å². The minimum Gasteiger partial charge on any atom is -0.465 e. The van der Waals surface area contributed by atoms with Crippen LogP contribution in [0.2, 0.25) is 0 Å². The molecule has 0 saturated heterocycles. The first-order valence-electron chi connectivity index (χ1n) is 7.63. The van der Waals surface area contributed by atoms with Gasteiger partial charge in [-0.15, -0.1) is 0 Å². The van der Waals surface area contributed by atoms with Crippen LogP contribution in [0.15, 0.2) is 42.5 Å². The summed E-state index contributed by atoms with van der Waals surface area (Å²) in [6.45, 7) is 7.89. The standard InChI is InChI=1S/C18H22O4/c1-4-21-16(19)18(17(20)22-5-2)12-15(11-13(18)3)14-9-7-6-8-10-14/h6-10,15H,3-5,11-12H2,1-2H3. The van der Waals surface area contributed by atoms with E-state index in [1.54, 1.807) is 13.8 Å². The molecule has 4 heteroatoms. The zero-order valence-electron chi connectivity index (χ0n) is 13.1. The van der Waals surface area contributed by atoms with Gasteiger partial charge in [-0.25, -0.2) is 0 Å². The molecule has 0 N–H and O–H groups in total. The van der Waals surface area contributed by atoms with Gasteiger partial charge in [-0.3, -0.25) is 9.59 Å². The van der Waals surface area contributed by atoms with Gasteiger partial charge in [-0.2, -0.15) is 0 Å². The average molecular weight is 302 g/mol. The maximum Gasteiger partial charge on any atom is 0.327 e. The smallest absolute Gasteiger partial charge is 0.327 e. The third-order valence-corrected chi connectivity index (χ3v) is 4.17. The van der Waals surface area contributed by atoms with E-state index in [9.17, 15) is 9.59 Å². The van der Waals surface area contributed by atoms with Crippen LogP contribution in [0.3, 0.4) is 0 Å². The number of hydrogen-bond donors (Lipinski definition) is 0. The van der Waals surface area contributed by atoms with Gasteiger partial charge in [0.25, 0.3) is 0 Å². The van der Waals surface area contributed by atoms with Crippen LogP contribution in [0.1, 0.15) is 38.2 Å². The first-order chi connectivity index (χ1) is 10.6. The van der Waals surface area contributed by atoms with Gasteiger partial charge in [0.15, 0.2) is 5.41 Å². The fourth-order valence-corrected chi connectivity index (χ4v) is 3.07. The highest BCUT2D eigenvalue weighted by molar-refractivity contribution is 6.04. The topological polar surface area (TPSA) is 52.6 Å². The second kappa shape index (κ2) is 6.77. The number of esters is 2. The summed E-state index contributed by atoms with van der Waals surface area (Å²) in [7, 11) is 0. The molecule has 1 aromatic rings. The quantitative estimate of drug-likeness (QED) is 0.476. The molecule has 1 aromatic carbocycles. The number of carbonyl (C=O) groups excluding carboxylic acids is 2. The van der Waals surface area contributed by atoms with E-state index in [-0.39, 0.29) is 19.1 Å². The Morgan fingerprint density at radius 3 is 2.18 bits per heavy atom. The largest absolute Gasteiger partial charge is 0.465 e. The molecular weight excluding hydrogens is 280 g/mol. The fraction of sp³-hybridized carbons (Fsp3) is 0.444. The molecule has 1 fully saturated rings. The second-order valence-electron chi connectivity index (χ2n) is 5.47. The molecule has 4 nitrogen and oxygen atoms in total. The number of hydrogen-bond acceptors (Lipinski definition) is 4. The van der Waals surface area contributed by atoms with Crippen molar-refractivity contribution in [3.63, 3.8) is 0 Å². The van der Waals surface area contributed by atoms with Gasteiger partial charge in [0.05, 0.1) is 13.2 Å². The van der Waals surface area contributed by atoms with Gasteiger partial charge in [0, 0.05) is 0 Å². The van der Waals surface area contributed by atoms with Gasteiger partial charge in [-0.1, -0.05) is 36.9 Å². The third kappa shape index (κ3) is 2.78. The van der Waals surface area contributed by atoms with E-state index in [2.05, 4.69) is 6.58 Å². The van der Waals surface area contributed by atoms with Gasteiger partial charge in [0.2, 0.25) is 0 Å². The van der Waals surface area contributed by atoms with Crippen LogP contribution >= 0.6 is 0 Å². The highest BCUT2D eigenvalue weighted by atomic mass is 16.6. The van der Waals surface area contributed by atoms with Crippen LogP contribution in [0.25, 0.3) is 0 Å². The molecule has 0 aliphatic heterocycles. The van der Waals surface area contributed by atoms with Gasteiger partial charge in [-0.05, 0) is 43.7 Å². The lowest BCUT2D eigenvalue weighted by Gasteiger charge is -2.25. The van der Waals surface area contributed by atoms with Crippen molar-refractivity contribution in [1.82, 2.24) is 0 Å². The zero-order valence-corrected chi connectivity index (χ0v) is 13.1. The Balaban J connectivity index is 2.35. The van der Waals surface area contributed by atoms with Crippen LogP contribution in [0.5, 0.6) is 0 Å². The molecule has 118 valence electrons. The molecule has 1 aliphatic carbocycles. The maximum atomic E-state index is 12.5. The lowest BCUT2D eigenvalue weighted by Crippen LogP contribution is -2.41. The minimum atomic E-state index is -1.37. The van der Waals surface area contributed by atoms with E-state index in [1.165, 1.54) is 0 Å². The molecule has 2 rings (SSSR count). The van der Waals surface area contributed by atoms with Gasteiger partial charge in [0.1, 0.15) is 0 Å². The molecule has 22 heavy (non-hydrogen) atoms. The molecule has 0 amide bonds. The van der Waals surface area contributed by atoms with E-state index in [4.69, 9.17) is 9.47 Å². The average Bonchev–Trinajstić information content (AvgIpc) is 2.87. The summed E-state index contributed by atoms with van der Waals surface area (Å²) in [6.07, 6.45) is 0.940. The van der Waals surface area contributed by atoms with Crippen molar-refractivity contribution in [3.8, 4) is 0 Å². The van der Waals surface area contributed by atoms with Gasteiger partial charge >= 0.3 is 11.9 Å². The minimum absolute atomic E-state index is 0.0718. The highest BCUT2D eigenvalue weighted by Gasteiger charge is 2.56. The molecule has 0 aromatic heterocycles. The van der Waals surface area contributed by atoms with Crippen molar-refractivity contribution in [2.75, 3.05) is 13.2 Å². The highest BCUT2D eigenvalue weighted by Crippen LogP contribution is 2.51. The van der Waals surface area contributed by atoms with E-state index in [0.29, 0.717) is 18.4 Å². The van der Waals surface area contributed by atoms with E-state index >= 15 is 0 Å². The lowest BCUT2D eigenvalue weighted by molar-refractivity contribution is -0.168. The normalized spacial score (nSPS) is 19.7. The Morgan fingerprint density at radius 1 is 1.14 bits per heavy atom. The van der Waals surface area contributed by atoms with Crippen molar-refractivity contribution in [1.29, 1.82) is 0 Å². The molecule has 1 saturated carbocycles. The van der Waals surface area contributed by atoms with Crippen LogP contribution in [-0.4, -0.2) is 25.2 Å². The first kappa shape index (κ1) is 16.3. The van der Waals surface area contributed by atoms with Gasteiger partial charge < -0.3 is 9.47 Å². The molecule has 0 bridgehead atoms. The van der Waals surface area contributed by atoms with Crippen molar-refractivity contribution in [3.05, 3.63) is 48.0 Å². The summed E-state index contributed by atoms with van der Waals surface area (Å²) in [4.78, 5) is 25.0. The fourth-order valence-electron chi connectivity index (χ4n) is 3.07. The molecule has 0 heterocycles. The Bertz CT molecular complexity index is 544. The van der Waals surface area contributed by atoms with E-state index in [0.717, 1.165) is 5.56 Å². The summed E-state index contributed by atoms with van der Waals surface area (Å²) in [5.74, 6) is -1.02. The zero-order chi connectivity index (χ0) is 16.2. The summed E-state index contributed by atoms with van der Waals surface area (Å²) in [5.41, 5.74) is 0.310. The Labute approximate surface area is 131 Å². The Kier molecular flexibility index (Phi) is 5.01. The van der Waals surface area contributed by atoms with Crippen LogP contribution in [0.4, 0.5) is 0 Å². The number of rotatable bonds is 5. The van der Waals surface area contributed by atoms with Crippen molar-refractivity contribution >= 4 is 11.9 Å². The predicted octanol–water partition coefficient (Wildman–Crippen LogP) is 3.23. The summed E-state index contributed by atoms with van der Waals surface area (Å²) >= 11 is 0. The van der Waals surface area contributed by atoms with Crippen molar-refractivity contribution in [2.45, 2.75) is 32.6 Å². The second-order valence-corrected chi connectivity index (χ2v) is 5.47. The number of ether oxygens (including phenoxy) is 2. The monoisotopic (exact) mass is 302 g/mol. The Morgan fingerprint density at radius 2 is 1.68 bits per heavy atom. The third-order valence-electron chi connectivity index (χ3n) is 4.17. The predicted molar refractivity (Wildman–Crippen MR) is 83.3 cm³/mol. The lowest BCUT2D eigenvalue weighted by atomic mass is 9.81. The first-order valence-corrected chi connectivity index (χ1v) is 7.63. The van der Waals surface area contributed by atoms with Crippen LogP contribution in [-0.2, 0) is 19.1 Å². The SMILES string of the molecule is C=C1CC(c2ccccc2)CC1(C(=O)OCC)C(=O)OCC. The molecule has 1 unspecified atom stereocenters. The maximum absolute atomic E-state index is 12.5. The molecule has 0 radical (unpaired) electrons. The molecule has 0 spiro atoms. The summed E-state index contributed by atoms with van der Waals surface area (Å²) in [5, 5.41) is 0. The molecule has 1 aliphatic rings. The van der Waals surface area contributed by atoms with Crippen LogP contribution in [0, 0.1) is 5.41 Å². The van der Waals surface area contributed by atoms with Crippen molar-refractivity contribution in [2.24, 2.45) is 5.41 Å². The molecular formula is C18H22O4. The summed E-state index contributed by atoms with van der Waals surface area (Å²) < 4.78 is 10.3.